The Morgan fingerprint density at radius 3 is 2.86 bits per heavy atom. The minimum Gasteiger partial charge on any atom is -0.320 e. The molecule has 8 heteroatoms. The van der Waals surface area contributed by atoms with Crippen LogP contribution in [0.25, 0.3) is 10.2 Å². The molecule has 6 nitrogen and oxygen atoms in total. The maximum absolute atomic E-state index is 11.9. The molecule has 21 heavy (non-hydrogen) atoms. The topological polar surface area (TPSA) is 102 Å². The Morgan fingerprint density at radius 1 is 1.48 bits per heavy atom. The average Bonchev–Trinajstić information content (AvgIpc) is 2.76. The predicted octanol–water partition coefficient (Wildman–Crippen LogP) is 1.31. The number of benzene rings is 1. The van der Waals surface area contributed by atoms with E-state index in [1.807, 2.05) is 25.1 Å². The predicted molar refractivity (Wildman–Crippen MR) is 85.3 cm³/mol. The van der Waals surface area contributed by atoms with Crippen LogP contribution < -0.4 is 11.1 Å². The van der Waals surface area contributed by atoms with Crippen LogP contribution in [-0.2, 0) is 14.6 Å². The normalized spacial score (nSPS) is 13.3. The van der Waals surface area contributed by atoms with Gasteiger partial charge in [-0.2, -0.15) is 0 Å². The fraction of sp³-hybridized carbons (Fsp3) is 0.385. The van der Waals surface area contributed by atoms with E-state index in [4.69, 9.17) is 5.73 Å². The maximum atomic E-state index is 11.9. The van der Waals surface area contributed by atoms with E-state index in [-0.39, 0.29) is 12.2 Å². The van der Waals surface area contributed by atoms with Crippen molar-refractivity contribution in [3.63, 3.8) is 0 Å². The van der Waals surface area contributed by atoms with Crippen molar-refractivity contribution in [1.29, 1.82) is 0 Å². The summed E-state index contributed by atoms with van der Waals surface area (Å²) in [6.45, 7) is 1.98. The molecule has 1 aromatic carbocycles. The molecule has 1 aromatic heterocycles. The van der Waals surface area contributed by atoms with Gasteiger partial charge in [0.25, 0.3) is 0 Å². The van der Waals surface area contributed by atoms with Gasteiger partial charge in [0.15, 0.2) is 5.13 Å². The van der Waals surface area contributed by atoms with E-state index in [9.17, 15) is 13.2 Å². The first kappa shape index (κ1) is 15.9. The van der Waals surface area contributed by atoms with Crippen LogP contribution in [0.2, 0.25) is 0 Å². The number of amides is 1. The van der Waals surface area contributed by atoms with Crippen molar-refractivity contribution in [3.8, 4) is 0 Å². The van der Waals surface area contributed by atoms with Gasteiger partial charge in [0.1, 0.15) is 9.84 Å². The molecule has 0 aliphatic heterocycles. The van der Waals surface area contributed by atoms with Crippen molar-refractivity contribution >= 4 is 42.4 Å². The molecule has 2 aromatic rings. The molecule has 1 unspecified atom stereocenters. The third-order valence-electron chi connectivity index (χ3n) is 2.91. The molecular weight excluding hydrogens is 310 g/mol. The number of nitrogens with zero attached hydrogens (tertiary/aromatic N) is 1. The fourth-order valence-electron chi connectivity index (χ4n) is 1.76. The number of aryl methyl sites for hydroxylation is 1. The van der Waals surface area contributed by atoms with Crippen LogP contribution in [0.3, 0.4) is 0 Å². The summed E-state index contributed by atoms with van der Waals surface area (Å²) < 4.78 is 23.1. The summed E-state index contributed by atoms with van der Waals surface area (Å²) in [5.41, 5.74) is 7.62. The molecule has 114 valence electrons. The molecule has 3 N–H and O–H groups in total. The number of fused-ring (bicyclic) bond motifs is 1. The van der Waals surface area contributed by atoms with Crippen molar-refractivity contribution in [1.82, 2.24) is 4.98 Å². The molecule has 1 heterocycles. The Labute approximate surface area is 127 Å². The zero-order valence-corrected chi connectivity index (χ0v) is 13.4. The molecule has 0 saturated carbocycles. The van der Waals surface area contributed by atoms with E-state index in [2.05, 4.69) is 10.3 Å². The number of thiazole rings is 1. The minimum absolute atomic E-state index is 0.0919. The van der Waals surface area contributed by atoms with Crippen molar-refractivity contribution in [2.24, 2.45) is 5.73 Å². The second-order valence-corrected chi connectivity index (χ2v) is 8.29. The molecule has 0 aliphatic carbocycles. The van der Waals surface area contributed by atoms with Crippen molar-refractivity contribution < 1.29 is 13.2 Å². The van der Waals surface area contributed by atoms with Crippen LogP contribution in [0, 0.1) is 6.92 Å². The SMILES string of the molecule is Cc1ccc2nc(NC(=O)C(N)CCS(C)(=O)=O)sc2c1. The van der Waals surface area contributed by atoms with Crippen LogP contribution >= 0.6 is 11.3 Å². The van der Waals surface area contributed by atoms with E-state index in [0.717, 1.165) is 22.0 Å². The molecule has 0 fully saturated rings. The largest absolute Gasteiger partial charge is 0.320 e. The maximum Gasteiger partial charge on any atom is 0.243 e. The van der Waals surface area contributed by atoms with Crippen LogP contribution in [-0.4, -0.2) is 37.4 Å². The lowest BCUT2D eigenvalue weighted by Gasteiger charge is -2.09. The number of nitrogens with two attached hydrogens (primary N) is 1. The standard InChI is InChI=1S/C13H17N3O3S2/c1-8-3-4-10-11(7-8)20-13(15-10)16-12(17)9(14)5-6-21(2,18)19/h3-4,7,9H,5-6,14H2,1-2H3,(H,15,16,17). The van der Waals surface area contributed by atoms with Crippen LogP contribution in [0.4, 0.5) is 5.13 Å². The summed E-state index contributed by atoms with van der Waals surface area (Å²) >= 11 is 1.36. The highest BCUT2D eigenvalue weighted by Crippen LogP contribution is 2.26. The summed E-state index contributed by atoms with van der Waals surface area (Å²) in [5, 5.41) is 3.10. The number of aromatic nitrogens is 1. The zero-order valence-electron chi connectivity index (χ0n) is 11.8. The molecule has 0 spiro atoms. The number of nitrogens with one attached hydrogen (secondary N) is 1. The second kappa shape index (κ2) is 6.08. The molecule has 1 atom stereocenters. The smallest absolute Gasteiger partial charge is 0.243 e. The average molecular weight is 327 g/mol. The van der Waals surface area contributed by atoms with E-state index in [1.165, 1.54) is 11.3 Å². The summed E-state index contributed by atoms with van der Waals surface area (Å²) in [5.74, 6) is -0.532. The highest BCUT2D eigenvalue weighted by atomic mass is 32.2. The van der Waals surface area contributed by atoms with Crippen molar-refractivity contribution in [2.75, 3.05) is 17.3 Å². The fourth-order valence-corrected chi connectivity index (χ4v) is 3.40. The molecule has 0 radical (unpaired) electrons. The number of carbonyl (C=O) groups is 1. The number of sulfone groups is 1. The molecule has 0 aliphatic rings. The quantitative estimate of drug-likeness (QED) is 0.862. The number of hydrogen-bond donors (Lipinski definition) is 2. The van der Waals surface area contributed by atoms with Crippen LogP contribution in [0.5, 0.6) is 0 Å². The second-order valence-electron chi connectivity index (χ2n) is 5.00. The Morgan fingerprint density at radius 2 is 2.19 bits per heavy atom. The molecular formula is C13H17N3O3S2. The zero-order chi connectivity index (χ0) is 15.6. The highest BCUT2D eigenvalue weighted by molar-refractivity contribution is 7.90. The lowest BCUT2D eigenvalue weighted by atomic mass is 10.2. The minimum atomic E-state index is -3.12. The van der Waals surface area contributed by atoms with Gasteiger partial charge in [-0.05, 0) is 31.0 Å². The number of rotatable bonds is 5. The van der Waals surface area contributed by atoms with Gasteiger partial charge in [-0.3, -0.25) is 4.79 Å². The van der Waals surface area contributed by atoms with E-state index >= 15 is 0 Å². The third kappa shape index (κ3) is 4.48. The van der Waals surface area contributed by atoms with Gasteiger partial charge >= 0.3 is 0 Å². The van der Waals surface area contributed by atoms with Crippen LogP contribution in [0.1, 0.15) is 12.0 Å². The van der Waals surface area contributed by atoms with Crippen molar-refractivity contribution in [2.45, 2.75) is 19.4 Å². The summed E-state index contributed by atoms with van der Waals surface area (Å²) in [6.07, 6.45) is 1.21. The summed E-state index contributed by atoms with van der Waals surface area (Å²) in [4.78, 5) is 16.2. The summed E-state index contributed by atoms with van der Waals surface area (Å²) in [6, 6.07) is 4.96. The number of hydrogen-bond acceptors (Lipinski definition) is 6. The summed E-state index contributed by atoms with van der Waals surface area (Å²) in [7, 11) is -3.12. The van der Waals surface area contributed by atoms with Gasteiger partial charge in [-0.25, -0.2) is 13.4 Å². The lowest BCUT2D eigenvalue weighted by molar-refractivity contribution is -0.117. The Bertz CT molecular complexity index is 768. The lowest BCUT2D eigenvalue weighted by Crippen LogP contribution is -2.37. The number of carbonyl (C=O) groups excluding carboxylic acids is 1. The van der Waals surface area contributed by atoms with Gasteiger partial charge in [-0.15, -0.1) is 0 Å². The Balaban J connectivity index is 2.03. The van der Waals surface area contributed by atoms with Crippen molar-refractivity contribution in [3.05, 3.63) is 23.8 Å². The Hall–Kier alpha value is -1.51. The van der Waals surface area contributed by atoms with E-state index in [1.54, 1.807) is 0 Å². The molecule has 0 saturated heterocycles. The van der Waals surface area contributed by atoms with Gasteiger partial charge in [0.2, 0.25) is 5.91 Å². The Kier molecular flexibility index (Phi) is 4.60. The molecule has 0 bridgehead atoms. The molecule has 2 rings (SSSR count). The van der Waals surface area contributed by atoms with Gasteiger partial charge < -0.3 is 11.1 Å². The molecule has 1 amide bonds. The van der Waals surface area contributed by atoms with E-state index < -0.39 is 21.8 Å². The van der Waals surface area contributed by atoms with Crippen LogP contribution in [0.15, 0.2) is 18.2 Å². The third-order valence-corrected chi connectivity index (χ3v) is 4.82. The van der Waals surface area contributed by atoms with Gasteiger partial charge in [0, 0.05) is 6.26 Å². The highest BCUT2D eigenvalue weighted by Gasteiger charge is 2.17. The van der Waals surface area contributed by atoms with E-state index in [0.29, 0.717) is 5.13 Å². The first-order chi connectivity index (χ1) is 9.74. The number of anilines is 1. The first-order valence-corrected chi connectivity index (χ1v) is 9.24. The van der Waals surface area contributed by atoms with Gasteiger partial charge in [0.05, 0.1) is 22.0 Å². The monoisotopic (exact) mass is 327 g/mol. The van der Waals surface area contributed by atoms with Gasteiger partial charge in [-0.1, -0.05) is 17.4 Å². The first-order valence-electron chi connectivity index (χ1n) is 6.36.